The van der Waals surface area contributed by atoms with Crippen LogP contribution in [0.3, 0.4) is 0 Å². The van der Waals surface area contributed by atoms with Crippen molar-refractivity contribution in [3.8, 4) is 11.5 Å². The Labute approximate surface area is 129 Å². The molecule has 3 nitrogen and oxygen atoms in total. The second-order valence-corrected chi connectivity index (χ2v) is 5.65. The molecular weight excluding hydrogens is 320 g/mol. The molecule has 0 aliphatic rings. The minimum Gasteiger partial charge on any atom is -0.493 e. The third kappa shape index (κ3) is 3.98. The van der Waals surface area contributed by atoms with E-state index in [1.165, 1.54) is 0 Å². The fraction of sp³-hybridized carbons (Fsp3) is 0.562. The molecule has 20 heavy (non-hydrogen) atoms. The van der Waals surface area contributed by atoms with Crippen molar-refractivity contribution in [3.63, 3.8) is 0 Å². The van der Waals surface area contributed by atoms with Gasteiger partial charge in [-0.1, -0.05) is 22.4 Å². The van der Waals surface area contributed by atoms with Gasteiger partial charge < -0.3 is 9.47 Å². The number of ether oxygens (including phenoxy) is 2. The van der Waals surface area contributed by atoms with Gasteiger partial charge in [-0.05, 0) is 38.3 Å². The first-order valence-electron chi connectivity index (χ1n) is 6.88. The summed E-state index contributed by atoms with van der Waals surface area (Å²) in [7, 11) is 3.22. The molecule has 0 aromatic heterocycles. The first-order chi connectivity index (χ1) is 9.56. The topological polar surface area (TPSA) is 35.5 Å². The molecule has 0 heterocycles. The molecule has 0 aliphatic carbocycles. The van der Waals surface area contributed by atoms with Gasteiger partial charge in [0.05, 0.1) is 14.2 Å². The number of methoxy groups -OCH3 is 2. The number of benzene rings is 1. The van der Waals surface area contributed by atoms with Crippen molar-refractivity contribution in [2.24, 2.45) is 0 Å². The van der Waals surface area contributed by atoms with Gasteiger partial charge in [-0.2, -0.15) is 0 Å². The summed E-state index contributed by atoms with van der Waals surface area (Å²) in [5.41, 5.74) is 2.54. The Morgan fingerprint density at radius 3 is 2.30 bits per heavy atom. The van der Waals surface area contributed by atoms with Crippen LogP contribution in [0.4, 0.5) is 0 Å². The van der Waals surface area contributed by atoms with Crippen LogP contribution in [0.15, 0.2) is 6.07 Å². The van der Waals surface area contributed by atoms with Gasteiger partial charge in [-0.25, -0.2) is 0 Å². The van der Waals surface area contributed by atoms with Crippen molar-refractivity contribution in [1.29, 1.82) is 0 Å². The number of carbonyl (C=O) groups excluding carboxylic acids is 1. The Hall–Kier alpha value is -1.03. The zero-order chi connectivity index (χ0) is 15.1. The van der Waals surface area contributed by atoms with Crippen LogP contribution in [-0.4, -0.2) is 25.3 Å². The first-order valence-corrected chi connectivity index (χ1v) is 8.00. The molecule has 0 N–H and O–H groups in total. The predicted molar refractivity (Wildman–Crippen MR) is 85.6 cm³/mol. The number of carbonyl (C=O) groups is 1. The monoisotopic (exact) mass is 342 g/mol. The lowest BCUT2D eigenvalue weighted by Crippen LogP contribution is -2.06. The van der Waals surface area contributed by atoms with Gasteiger partial charge >= 0.3 is 0 Å². The molecule has 0 fully saturated rings. The van der Waals surface area contributed by atoms with E-state index < -0.39 is 0 Å². The zero-order valence-corrected chi connectivity index (χ0v) is 14.3. The maximum atomic E-state index is 12.3. The summed E-state index contributed by atoms with van der Waals surface area (Å²) in [4.78, 5) is 12.3. The van der Waals surface area contributed by atoms with Crippen LogP contribution in [0.2, 0.25) is 0 Å². The number of Topliss-reactive ketones (excluding diaryl/α,β-unsaturated/α-hetero) is 1. The molecule has 0 atom stereocenters. The molecule has 0 amide bonds. The molecular formula is C16H23BrO3. The quantitative estimate of drug-likeness (QED) is 0.397. The van der Waals surface area contributed by atoms with Crippen molar-refractivity contribution in [3.05, 3.63) is 22.8 Å². The van der Waals surface area contributed by atoms with Crippen LogP contribution in [0, 0.1) is 13.8 Å². The van der Waals surface area contributed by atoms with Crippen LogP contribution in [-0.2, 0) is 0 Å². The fourth-order valence-corrected chi connectivity index (χ4v) is 2.74. The molecule has 4 heteroatoms. The van der Waals surface area contributed by atoms with E-state index in [4.69, 9.17) is 9.47 Å². The Morgan fingerprint density at radius 2 is 1.75 bits per heavy atom. The van der Waals surface area contributed by atoms with Crippen LogP contribution in [0.5, 0.6) is 11.5 Å². The number of unbranched alkanes of at least 4 members (excludes halogenated alkanes) is 2. The third-order valence-electron chi connectivity index (χ3n) is 3.42. The highest BCUT2D eigenvalue weighted by Crippen LogP contribution is 2.36. The normalized spacial score (nSPS) is 10.4. The summed E-state index contributed by atoms with van der Waals surface area (Å²) in [6.45, 7) is 3.84. The smallest absolute Gasteiger partial charge is 0.164 e. The van der Waals surface area contributed by atoms with Crippen molar-refractivity contribution >= 4 is 21.7 Å². The molecule has 0 unspecified atom stereocenters. The average Bonchev–Trinajstić information content (AvgIpc) is 2.44. The maximum absolute atomic E-state index is 12.3. The fourth-order valence-electron chi connectivity index (χ4n) is 2.34. The van der Waals surface area contributed by atoms with E-state index >= 15 is 0 Å². The molecule has 112 valence electrons. The van der Waals surface area contributed by atoms with Gasteiger partial charge in [0.15, 0.2) is 17.3 Å². The van der Waals surface area contributed by atoms with Crippen molar-refractivity contribution < 1.29 is 14.3 Å². The van der Waals surface area contributed by atoms with Crippen molar-refractivity contribution in [2.75, 3.05) is 19.5 Å². The predicted octanol–water partition coefficient (Wildman–Crippen LogP) is 4.46. The molecule has 0 radical (unpaired) electrons. The summed E-state index contributed by atoms with van der Waals surface area (Å²) in [6, 6.07) is 1.91. The highest BCUT2D eigenvalue weighted by molar-refractivity contribution is 9.09. The van der Waals surface area contributed by atoms with E-state index in [1.54, 1.807) is 14.2 Å². The number of ketones is 1. The number of hydrogen-bond acceptors (Lipinski definition) is 3. The van der Waals surface area contributed by atoms with Crippen LogP contribution in [0.1, 0.15) is 47.2 Å². The van der Waals surface area contributed by atoms with Crippen molar-refractivity contribution in [1.82, 2.24) is 0 Å². The highest BCUT2D eigenvalue weighted by atomic mass is 79.9. The number of alkyl halides is 1. The Kier molecular flexibility index (Phi) is 7.06. The Bertz CT molecular complexity index is 469. The van der Waals surface area contributed by atoms with E-state index in [2.05, 4.69) is 15.9 Å². The van der Waals surface area contributed by atoms with Gasteiger partial charge in [0.2, 0.25) is 0 Å². The summed E-state index contributed by atoms with van der Waals surface area (Å²) in [5.74, 6) is 1.55. The average molecular weight is 343 g/mol. The van der Waals surface area contributed by atoms with E-state index in [9.17, 15) is 4.79 Å². The number of aryl methyl sites for hydroxylation is 1. The zero-order valence-electron chi connectivity index (χ0n) is 12.7. The number of halogens is 1. The molecule has 0 bridgehead atoms. The number of hydrogen-bond donors (Lipinski definition) is 0. The van der Waals surface area contributed by atoms with Gasteiger partial charge in [-0.15, -0.1) is 0 Å². The lowest BCUT2D eigenvalue weighted by atomic mass is 9.97. The van der Waals surface area contributed by atoms with Crippen LogP contribution in [0.25, 0.3) is 0 Å². The van der Waals surface area contributed by atoms with E-state index in [0.29, 0.717) is 17.9 Å². The number of rotatable bonds is 8. The summed E-state index contributed by atoms with van der Waals surface area (Å²) >= 11 is 3.40. The lowest BCUT2D eigenvalue weighted by molar-refractivity contribution is 0.0978. The largest absolute Gasteiger partial charge is 0.493 e. The molecule has 1 aromatic rings. The third-order valence-corrected chi connectivity index (χ3v) is 3.98. The molecule has 0 saturated heterocycles. The van der Waals surface area contributed by atoms with Crippen LogP contribution < -0.4 is 9.47 Å². The Morgan fingerprint density at radius 1 is 1.10 bits per heavy atom. The molecule has 0 spiro atoms. The lowest BCUT2D eigenvalue weighted by Gasteiger charge is -2.16. The minimum absolute atomic E-state index is 0.182. The van der Waals surface area contributed by atoms with E-state index in [1.807, 2.05) is 19.9 Å². The van der Waals surface area contributed by atoms with Crippen LogP contribution >= 0.6 is 15.9 Å². The van der Waals surface area contributed by atoms with E-state index in [-0.39, 0.29) is 5.78 Å². The van der Waals surface area contributed by atoms with Crippen molar-refractivity contribution in [2.45, 2.75) is 39.5 Å². The SMILES string of the molecule is COc1c(C)cc(C(=O)CCCCCBr)c(C)c1OC. The molecule has 1 rings (SSSR count). The summed E-state index contributed by atoms with van der Waals surface area (Å²) in [6.07, 6.45) is 3.69. The molecule has 1 aromatic carbocycles. The van der Waals surface area contributed by atoms with Gasteiger partial charge in [0.1, 0.15) is 0 Å². The molecule has 0 saturated carbocycles. The van der Waals surface area contributed by atoms with Gasteiger partial charge in [0.25, 0.3) is 0 Å². The van der Waals surface area contributed by atoms with E-state index in [0.717, 1.165) is 41.3 Å². The highest BCUT2D eigenvalue weighted by Gasteiger charge is 2.18. The summed E-state index contributed by atoms with van der Waals surface area (Å²) < 4.78 is 10.8. The van der Waals surface area contributed by atoms with Gasteiger partial charge in [0, 0.05) is 22.9 Å². The van der Waals surface area contributed by atoms with Gasteiger partial charge in [-0.3, -0.25) is 4.79 Å². The summed E-state index contributed by atoms with van der Waals surface area (Å²) in [5, 5.41) is 0.996. The molecule has 0 aliphatic heterocycles. The second kappa shape index (κ2) is 8.30. The first kappa shape index (κ1) is 17.0. The maximum Gasteiger partial charge on any atom is 0.164 e. The second-order valence-electron chi connectivity index (χ2n) is 4.86. The Balaban J connectivity index is 2.95. The minimum atomic E-state index is 0.182. The standard InChI is InChI=1S/C16H23BrO3/c1-11-10-13(14(18)8-6-5-7-9-17)12(2)16(20-4)15(11)19-3/h10H,5-9H2,1-4H3.